The van der Waals surface area contributed by atoms with Gasteiger partial charge in [-0.2, -0.15) is 4.37 Å². The highest BCUT2D eigenvalue weighted by atomic mass is 127. The maximum atomic E-state index is 12.9. The number of anilines is 1. The van der Waals surface area contributed by atoms with Crippen LogP contribution < -0.4 is 15.4 Å². The van der Waals surface area contributed by atoms with Crippen molar-refractivity contribution >= 4 is 66.0 Å². The minimum atomic E-state index is -3.70. The zero-order valence-electron chi connectivity index (χ0n) is 17.5. The Labute approximate surface area is 200 Å². The summed E-state index contributed by atoms with van der Waals surface area (Å²) in [5, 5.41) is 6.70. The van der Waals surface area contributed by atoms with Gasteiger partial charge >= 0.3 is 0 Å². The number of hydrogen-bond donors (Lipinski definition) is 3. The Kier molecular flexibility index (Phi) is 7.55. The molecular formula is C21H25IN4O3S2. The molecule has 0 aliphatic rings. The van der Waals surface area contributed by atoms with Crippen molar-refractivity contribution in [2.24, 2.45) is 0 Å². The van der Waals surface area contributed by atoms with E-state index in [1.807, 2.05) is 18.2 Å². The summed E-state index contributed by atoms with van der Waals surface area (Å²) in [6.45, 7) is 6.46. The van der Waals surface area contributed by atoms with Crippen LogP contribution in [0.5, 0.6) is 0 Å². The number of rotatable bonds is 8. The van der Waals surface area contributed by atoms with Crippen LogP contribution in [0.25, 0.3) is 10.1 Å². The molecule has 0 bridgehead atoms. The van der Waals surface area contributed by atoms with Crippen molar-refractivity contribution in [2.45, 2.75) is 37.6 Å². The van der Waals surface area contributed by atoms with E-state index in [2.05, 4.69) is 42.3 Å². The predicted molar refractivity (Wildman–Crippen MR) is 134 cm³/mol. The molecule has 31 heavy (non-hydrogen) atoms. The van der Waals surface area contributed by atoms with Gasteiger partial charge in [0.1, 0.15) is 5.82 Å². The Hall–Kier alpha value is -1.76. The van der Waals surface area contributed by atoms with Gasteiger partial charge in [-0.3, -0.25) is 4.79 Å². The molecule has 0 saturated carbocycles. The molecule has 3 rings (SSSR count). The average Bonchev–Trinajstić information content (AvgIpc) is 3.09. The molecule has 1 heterocycles. The minimum Gasteiger partial charge on any atom is -0.369 e. The molecular weight excluding hydrogens is 547 g/mol. The van der Waals surface area contributed by atoms with E-state index < -0.39 is 15.6 Å². The zero-order valence-corrected chi connectivity index (χ0v) is 21.3. The van der Waals surface area contributed by atoms with Crippen molar-refractivity contribution in [1.82, 2.24) is 14.4 Å². The first-order valence-electron chi connectivity index (χ1n) is 9.77. The van der Waals surface area contributed by atoms with Gasteiger partial charge in [0.2, 0.25) is 10.0 Å². The van der Waals surface area contributed by atoms with Gasteiger partial charge in [-0.25, -0.2) is 13.1 Å². The zero-order chi connectivity index (χ0) is 22.6. The summed E-state index contributed by atoms with van der Waals surface area (Å²) >= 11 is 3.45. The summed E-state index contributed by atoms with van der Waals surface area (Å²) < 4.78 is 34.8. The molecule has 1 amide bonds. The topological polar surface area (TPSA) is 100 Å². The van der Waals surface area contributed by atoms with Crippen molar-refractivity contribution in [3.05, 3.63) is 51.6 Å². The number of nitrogens with zero attached hydrogens (tertiary/aromatic N) is 1. The maximum absolute atomic E-state index is 12.9. The van der Waals surface area contributed by atoms with Gasteiger partial charge in [0.05, 0.1) is 15.0 Å². The third-order valence-electron chi connectivity index (χ3n) is 4.23. The van der Waals surface area contributed by atoms with Crippen LogP contribution in [0.15, 0.2) is 47.4 Å². The maximum Gasteiger partial charge on any atom is 0.251 e. The van der Waals surface area contributed by atoms with Crippen LogP contribution in [-0.2, 0) is 10.0 Å². The molecule has 0 atom stereocenters. The lowest BCUT2D eigenvalue weighted by atomic mass is 10.1. The molecule has 166 valence electrons. The molecule has 1 aromatic heterocycles. The first-order valence-corrected chi connectivity index (χ1v) is 13.1. The first kappa shape index (κ1) is 23.9. The summed E-state index contributed by atoms with van der Waals surface area (Å²) in [6.07, 6.45) is 0.671. The van der Waals surface area contributed by atoms with E-state index in [9.17, 15) is 13.2 Å². The Bertz CT molecular complexity index is 1170. The van der Waals surface area contributed by atoms with Gasteiger partial charge in [-0.1, -0.05) is 6.07 Å². The molecule has 0 saturated heterocycles. The second-order valence-electron chi connectivity index (χ2n) is 8.06. The fraction of sp³-hybridized carbons (Fsp3) is 0.333. The molecule has 0 unspecified atom stereocenters. The number of sulfonamides is 1. The van der Waals surface area contributed by atoms with Crippen LogP contribution in [-0.4, -0.2) is 37.3 Å². The first-order chi connectivity index (χ1) is 14.6. The van der Waals surface area contributed by atoms with E-state index in [1.165, 1.54) is 11.5 Å². The van der Waals surface area contributed by atoms with Crippen LogP contribution in [0.1, 0.15) is 37.6 Å². The van der Waals surface area contributed by atoms with Crippen LogP contribution in [0.4, 0.5) is 5.82 Å². The fourth-order valence-electron chi connectivity index (χ4n) is 2.96. The molecule has 3 aromatic rings. The van der Waals surface area contributed by atoms with E-state index >= 15 is 0 Å². The summed E-state index contributed by atoms with van der Waals surface area (Å²) in [4.78, 5) is 12.4. The van der Waals surface area contributed by atoms with Crippen molar-refractivity contribution in [2.75, 3.05) is 18.4 Å². The van der Waals surface area contributed by atoms with Gasteiger partial charge in [0.25, 0.3) is 5.91 Å². The molecule has 0 aliphatic heterocycles. The largest absolute Gasteiger partial charge is 0.369 e. The summed E-state index contributed by atoms with van der Waals surface area (Å²) in [5.74, 6) is 0.427. The van der Waals surface area contributed by atoms with Gasteiger partial charge < -0.3 is 10.6 Å². The third kappa shape index (κ3) is 6.37. The van der Waals surface area contributed by atoms with Crippen LogP contribution in [0.2, 0.25) is 0 Å². The van der Waals surface area contributed by atoms with E-state index in [0.29, 0.717) is 36.3 Å². The summed E-state index contributed by atoms with van der Waals surface area (Å²) in [5.41, 5.74) is 0.0351. The molecule has 0 fully saturated rings. The predicted octanol–water partition coefficient (Wildman–Crippen LogP) is 4.21. The van der Waals surface area contributed by atoms with E-state index in [-0.39, 0.29) is 10.8 Å². The number of nitrogens with one attached hydrogen (secondary N) is 3. The summed E-state index contributed by atoms with van der Waals surface area (Å²) in [6, 6.07) is 12.6. The number of aromatic nitrogens is 1. The molecule has 3 N–H and O–H groups in total. The monoisotopic (exact) mass is 572 g/mol. The third-order valence-corrected chi connectivity index (χ3v) is 7.56. The number of fused-ring (bicyclic) bond motifs is 1. The average molecular weight is 572 g/mol. The molecule has 10 heteroatoms. The van der Waals surface area contributed by atoms with Crippen LogP contribution in [0, 0.1) is 3.57 Å². The van der Waals surface area contributed by atoms with Gasteiger partial charge in [0, 0.05) is 27.8 Å². The Morgan fingerprint density at radius 2 is 1.81 bits per heavy atom. The number of halogens is 1. The number of carbonyl (C=O) groups is 1. The van der Waals surface area contributed by atoms with Crippen molar-refractivity contribution in [3.8, 4) is 0 Å². The van der Waals surface area contributed by atoms with Crippen molar-refractivity contribution in [3.63, 3.8) is 0 Å². The lowest BCUT2D eigenvalue weighted by Crippen LogP contribution is -2.40. The number of hydrogen-bond acceptors (Lipinski definition) is 6. The highest BCUT2D eigenvalue weighted by Gasteiger charge is 2.26. The van der Waals surface area contributed by atoms with Gasteiger partial charge in [-0.15, -0.1) is 0 Å². The van der Waals surface area contributed by atoms with Crippen molar-refractivity contribution < 1.29 is 13.2 Å². The second-order valence-corrected chi connectivity index (χ2v) is 11.8. The lowest BCUT2D eigenvalue weighted by Gasteiger charge is -2.20. The smallest absolute Gasteiger partial charge is 0.251 e. The quantitative estimate of drug-likeness (QED) is 0.278. The Balaban J connectivity index is 1.63. The Morgan fingerprint density at radius 1 is 1.10 bits per heavy atom. The molecule has 0 aliphatic carbocycles. The lowest BCUT2D eigenvalue weighted by molar-refractivity contribution is 0.0953. The molecule has 0 radical (unpaired) electrons. The van der Waals surface area contributed by atoms with E-state index in [4.69, 9.17) is 0 Å². The van der Waals surface area contributed by atoms with Crippen LogP contribution in [0.3, 0.4) is 0 Å². The fourth-order valence-corrected chi connectivity index (χ4v) is 5.82. The van der Waals surface area contributed by atoms with E-state index in [1.54, 1.807) is 45.0 Å². The highest BCUT2D eigenvalue weighted by Crippen LogP contribution is 2.33. The number of amides is 1. The summed E-state index contributed by atoms with van der Waals surface area (Å²) in [7, 11) is -3.70. The molecule has 0 spiro atoms. The second kappa shape index (κ2) is 9.80. The molecule has 2 aromatic carbocycles. The Morgan fingerprint density at radius 3 is 2.48 bits per heavy atom. The minimum absolute atomic E-state index is 0.114. The SMILES string of the molecule is CC(C)(C)NS(=O)(=O)c1cccc2snc(NCCCNC(=O)c3ccc(I)cc3)c12. The standard InChI is InChI=1S/C21H25IN4O3S2/c1-21(2,3)26-31(28,29)17-7-4-6-16-18(17)19(25-30-16)23-12-5-13-24-20(27)14-8-10-15(22)11-9-14/h4,6-11,26H,5,12-13H2,1-3H3,(H,23,25)(H,24,27). The van der Waals surface area contributed by atoms with Crippen molar-refractivity contribution in [1.29, 1.82) is 0 Å². The van der Waals surface area contributed by atoms with Gasteiger partial charge in [0.15, 0.2) is 0 Å². The van der Waals surface area contributed by atoms with E-state index in [0.717, 1.165) is 8.27 Å². The number of carbonyl (C=O) groups excluding carboxylic acids is 1. The highest BCUT2D eigenvalue weighted by molar-refractivity contribution is 14.1. The molecule has 7 nitrogen and oxygen atoms in total. The van der Waals surface area contributed by atoms with Crippen LogP contribution >= 0.6 is 34.1 Å². The van der Waals surface area contributed by atoms with Gasteiger partial charge in [-0.05, 0) is 97.7 Å². The number of benzene rings is 2. The normalized spacial score (nSPS) is 12.1.